The van der Waals surface area contributed by atoms with Crippen LogP contribution in [0.1, 0.15) is 13.3 Å². The molecule has 0 saturated heterocycles. The second-order valence-electron chi connectivity index (χ2n) is 3.61. The lowest BCUT2D eigenvalue weighted by atomic mass is 10.3. The van der Waals surface area contributed by atoms with Gasteiger partial charge in [0.15, 0.2) is 5.16 Å². The Morgan fingerprint density at radius 3 is 3.12 bits per heavy atom. The Hall–Kier alpha value is -1.49. The highest BCUT2D eigenvalue weighted by Gasteiger charge is 2.10. The number of thioether (sulfide) groups is 1. The molecule has 3 aromatic rings. The van der Waals surface area contributed by atoms with Gasteiger partial charge in [-0.15, -0.1) is 5.10 Å². The van der Waals surface area contributed by atoms with E-state index in [-0.39, 0.29) is 0 Å². The molecule has 1 N–H and O–H groups in total. The van der Waals surface area contributed by atoms with Gasteiger partial charge >= 0.3 is 0 Å². The third kappa shape index (κ3) is 1.39. The zero-order chi connectivity index (χ0) is 11.0. The van der Waals surface area contributed by atoms with Crippen molar-refractivity contribution in [1.29, 1.82) is 0 Å². The van der Waals surface area contributed by atoms with Crippen molar-refractivity contribution >= 4 is 28.6 Å². The lowest BCUT2D eigenvalue weighted by molar-refractivity contribution is 0.936. The number of hydrogen-bond acceptors (Lipinski definition) is 3. The Morgan fingerprint density at radius 1 is 1.38 bits per heavy atom. The SMILES string of the molecule is CCCSc1n[nH]c2nc3ccccc3n12. The van der Waals surface area contributed by atoms with Crippen molar-refractivity contribution in [2.24, 2.45) is 0 Å². The van der Waals surface area contributed by atoms with E-state index >= 15 is 0 Å². The van der Waals surface area contributed by atoms with E-state index in [1.165, 1.54) is 0 Å². The van der Waals surface area contributed by atoms with Gasteiger partial charge in [0.1, 0.15) is 0 Å². The third-order valence-electron chi connectivity index (χ3n) is 2.44. The van der Waals surface area contributed by atoms with E-state index in [0.717, 1.165) is 34.1 Å². The van der Waals surface area contributed by atoms with Crippen molar-refractivity contribution in [1.82, 2.24) is 19.6 Å². The van der Waals surface area contributed by atoms with Gasteiger partial charge in [-0.25, -0.2) is 10.1 Å². The molecule has 0 saturated carbocycles. The Morgan fingerprint density at radius 2 is 2.25 bits per heavy atom. The van der Waals surface area contributed by atoms with Crippen LogP contribution in [0.4, 0.5) is 0 Å². The van der Waals surface area contributed by atoms with Crippen molar-refractivity contribution in [2.45, 2.75) is 18.5 Å². The van der Waals surface area contributed by atoms with Gasteiger partial charge in [-0.3, -0.25) is 4.40 Å². The molecule has 82 valence electrons. The highest BCUT2D eigenvalue weighted by atomic mass is 32.2. The molecule has 16 heavy (non-hydrogen) atoms. The minimum atomic E-state index is 0.819. The maximum atomic E-state index is 4.48. The van der Waals surface area contributed by atoms with E-state index in [1.807, 2.05) is 18.2 Å². The fraction of sp³-hybridized carbons (Fsp3) is 0.273. The molecule has 0 aliphatic heterocycles. The fourth-order valence-corrected chi connectivity index (χ4v) is 2.54. The number of para-hydroxylation sites is 2. The molecule has 0 amide bonds. The van der Waals surface area contributed by atoms with E-state index in [1.54, 1.807) is 11.8 Å². The minimum absolute atomic E-state index is 0.819. The quantitative estimate of drug-likeness (QED) is 0.706. The monoisotopic (exact) mass is 232 g/mol. The predicted octanol–water partition coefficient (Wildman–Crippen LogP) is 2.71. The van der Waals surface area contributed by atoms with Gasteiger partial charge in [-0.2, -0.15) is 0 Å². The lowest BCUT2D eigenvalue weighted by Crippen LogP contribution is -1.86. The van der Waals surface area contributed by atoms with Crippen LogP contribution in [0.25, 0.3) is 16.8 Å². The van der Waals surface area contributed by atoms with Crippen LogP contribution in [0.2, 0.25) is 0 Å². The summed E-state index contributed by atoms with van der Waals surface area (Å²) in [7, 11) is 0. The maximum absolute atomic E-state index is 4.48. The van der Waals surface area contributed by atoms with Crippen LogP contribution in [0.15, 0.2) is 29.4 Å². The summed E-state index contributed by atoms with van der Waals surface area (Å²) < 4.78 is 2.08. The maximum Gasteiger partial charge on any atom is 0.231 e. The number of imidazole rings is 1. The molecule has 2 aromatic heterocycles. The molecule has 0 unspecified atom stereocenters. The number of nitrogens with zero attached hydrogens (tertiary/aromatic N) is 3. The van der Waals surface area contributed by atoms with Gasteiger partial charge in [0.2, 0.25) is 5.78 Å². The molecule has 0 fully saturated rings. The van der Waals surface area contributed by atoms with E-state index in [0.29, 0.717) is 0 Å². The molecule has 0 bridgehead atoms. The van der Waals surface area contributed by atoms with Crippen molar-refractivity contribution < 1.29 is 0 Å². The first-order valence-electron chi connectivity index (χ1n) is 5.34. The van der Waals surface area contributed by atoms with Gasteiger partial charge in [0, 0.05) is 5.75 Å². The van der Waals surface area contributed by atoms with Gasteiger partial charge < -0.3 is 0 Å². The van der Waals surface area contributed by atoms with Crippen LogP contribution < -0.4 is 0 Å². The number of H-pyrrole nitrogens is 1. The summed E-state index contributed by atoms with van der Waals surface area (Å²) >= 11 is 1.76. The van der Waals surface area contributed by atoms with Gasteiger partial charge in [-0.1, -0.05) is 30.8 Å². The molecule has 0 spiro atoms. The highest BCUT2D eigenvalue weighted by Crippen LogP contribution is 2.22. The normalized spacial score (nSPS) is 11.6. The summed E-state index contributed by atoms with van der Waals surface area (Å²) in [4.78, 5) is 4.48. The van der Waals surface area contributed by atoms with E-state index in [4.69, 9.17) is 0 Å². The van der Waals surface area contributed by atoms with Crippen molar-refractivity contribution in [3.63, 3.8) is 0 Å². The predicted molar refractivity (Wildman–Crippen MR) is 65.9 cm³/mol. The average Bonchev–Trinajstić information content (AvgIpc) is 2.85. The lowest BCUT2D eigenvalue weighted by Gasteiger charge is -1.96. The summed E-state index contributed by atoms with van der Waals surface area (Å²) in [6.45, 7) is 2.17. The highest BCUT2D eigenvalue weighted by molar-refractivity contribution is 7.99. The number of rotatable bonds is 3. The third-order valence-corrected chi connectivity index (χ3v) is 3.58. The molecular weight excluding hydrogens is 220 g/mol. The smallest absolute Gasteiger partial charge is 0.231 e. The van der Waals surface area contributed by atoms with Gasteiger partial charge in [-0.05, 0) is 18.6 Å². The second kappa shape index (κ2) is 3.83. The van der Waals surface area contributed by atoms with Crippen LogP contribution in [-0.2, 0) is 0 Å². The summed E-state index contributed by atoms with van der Waals surface area (Å²) in [6.07, 6.45) is 1.14. The number of aromatic nitrogens is 4. The van der Waals surface area contributed by atoms with E-state index in [2.05, 4.69) is 32.6 Å². The van der Waals surface area contributed by atoms with Crippen LogP contribution >= 0.6 is 11.8 Å². The van der Waals surface area contributed by atoms with Crippen molar-refractivity contribution in [2.75, 3.05) is 5.75 Å². The van der Waals surface area contributed by atoms with Crippen LogP contribution in [0, 0.1) is 0 Å². The molecule has 3 rings (SSSR count). The first-order chi connectivity index (χ1) is 7.90. The first-order valence-corrected chi connectivity index (χ1v) is 6.33. The molecule has 0 radical (unpaired) electrons. The molecule has 4 nitrogen and oxygen atoms in total. The van der Waals surface area contributed by atoms with Gasteiger partial charge in [0.05, 0.1) is 11.0 Å². The Balaban J connectivity index is 2.22. The molecule has 0 aliphatic rings. The number of fused-ring (bicyclic) bond motifs is 3. The van der Waals surface area contributed by atoms with E-state index in [9.17, 15) is 0 Å². The largest absolute Gasteiger partial charge is 0.254 e. The number of hydrogen-bond donors (Lipinski definition) is 1. The molecule has 2 heterocycles. The Kier molecular flexibility index (Phi) is 2.32. The second-order valence-corrected chi connectivity index (χ2v) is 4.68. The molecule has 0 aliphatic carbocycles. The topological polar surface area (TPSA) is 46.0 Å². The molecule has 1 aromatic carbocycles. The summed E-state index contributed by atoms with van der Waals surface area (Å²) in [5.41, 5.74) is 2.12. The summed E-state index contributed by atoms with van der Waals surface area (Å²) in [5.74, 6) is 1.90. The Labute approximate surface area is 97.1 Å². The van der Waals surface area contributed by atoms with Crippen molar-refractivity contribution in [3.8, 4) is 0 Å². The molecular formula is C11H12N4S. The fourth-order valence-electron chi connectivity index (χ4n) is 1.73. The summed E-state index contributed by atoms with van der Waals surface area (Å²) in [6, 6.07) is 8.12. The minimum Gasteiger partial charge on any atom is -0.254 e. The van der Waals surface area contributed by atoms with Crippen molar-refractivity contribution in [3.05, 3.63) is 24.3 Å². The zero-order valence-corrected chi connectivity index (χ0v) is 9.79. The van der Waals surface area contributed by atoms with Gasteiger partial charge in [0.25, 0.3) is 0 Å². The molecule has 5 heteroatoms. The Bertz CT molecular complexity index is 625. The summed E-state index contributed by atoms with van der Waals surface area (Å²) in [5, 5.41) is 8.24. The van der Waals surface area contributed by atoms with Crippen LogP contribution in [0.5, 0.6) is 0 Å². The van der Waals surface area contributed by atoms with Crippen LogP contribution in [0.3, 0.4) is 0 Å². The van der Waals surface area contributed by atoms with Crippen LogP contribution in [-0.4, -0.2) is 25.3 Å². The average molecular weight is 232 g/mol. The number of benzene rings is 1. The first kappa shape index (κ1) is 9.72. The zero-order valence-electron chi connectivity index (χ0n) is 8.97. The molecule has 0 atom stereocenters. The standard InChI is InChI=1S/C11H12N4S/c1-2-7-16-11-14-13-10-12-8-5-3-4-6-9(8)15(10)11/h3-6H,2,7H2,1H3,(H,12,13). The number of aromatic amines is 1. The van der Waals surface area contributed by atoms with E-state index < -0.39 is 0 Å². The number of nitrogens with one attached hydrogen (secondary N) is 1.